The number of aromatic nitrogens is 3. The predicted octanol–water partition coefficient (Wildman–Crippen LogP) is 6.03. The van der Waals surface area contributed by atoms with Gasteiger partial charge in [0.05, 0.1) is 5.56 Å². The van der Waals surface area contributed by atoms with Crippen LogP contribution in [0.3, 0.4) is 0 Å². The minimum atomic E-state index is -0.750. The van der Waals surface area contributed by atoms with E-state index in [0.29, 0.717) is 11.7 Å². The van der Waals surface area contributed by atoms with Crippen molar-refractivity contribution in [3.63, 3.8) is 0 Å². The second-order valence-corrected chi connectivity index (χ2v) is 7.70. The van der Waals surface area contributed by atoms with Crippen LogP contribution in [-0.4, -0.2) is 21.2 Å². The molecule has 9 heteroatoms. The van der Waals surface area contributed by atoms with E-state index >= 15 is 0 Å². The van der Waals surface area contributed by atoms with E-state index in [0.717, 1.165) is 24.0 Å². The first kappa shape index (κ1) is 19.9. The minimum Gasteiger partial charge on any atom is -0.434 e. The molecule has 0 N–H and O–H groups in total. The molecule has 3 aromatic rings. The van der Waals surface area contributed by atoms with Crippen molar-refractivity contribution in [2.45, 2.75) is 25.7 Å². The number of aryl methyl sites for hydroxylation is 1. The van der Waals surface area contributed by atoms with Crippen molar-refractivity contribution in [2.75, 3.05) is 0 Å². The number of ether oxygens (including phenoxy) is 2. The zero-order valence-electron chi connectivity index (χ0n) is 15.2. The Bertz CT molecular complexity index is 1100. The second kappa shape index (κ2) is 8.14. The number of pyridine rings is 1. The van der Waals surface area contributed by atoms with Gasteiger partial charge >= 0.3 is 5.97 Å². The molecule has 6 nitrogen and oxygen atoms in total. The van der Waals surface area contributed by atoms with Gasteiger partial charge in [0, 0.05) is 6.07 Å². The Labute approximate surface area is 181 Å². The topological polar surface area (TPSA) is 74.2 Å². The third-order valence-corrected chi connectivity index (χ3v) is 5.08. The maximum Gasteiger partial charge on any atom is 0.346 e. The SMILES string of the molecule is Cc1cccc(C2CC2)c1Oc1nnc(Cl)cc1OC(=O)c1ccc(Cl)nc1Cl. The Balaban J connectivity index is 1.66. The minimum absolute atomic E-state index is 0.0195. The molecule has 1 fully saturated rings. The van der Waals surface area contributed by atoms with Crippen LogP contribution < -0.4 is 9.47 Å². The van der Waals surface area contributed by atoms with Gasteiger partial charge in [-0.3, -0.25) is 0 Å². The van der Waals surface area contributed by atoms with Crippen molar-refractivity contribution in [2.24, 2.45) is 0 Å². The second-order valence-electron chi connectivity index (χ2n) is 6.57. The van der Waals surface area contributed by atoms with E-state index in [-0.39, 0.29) is 32.7 Å². The van der Waals surface area contributed by atoms with Crippen molar-refractivity contribution < 1.29 is 14.3 Å². The average molecular weight is 451 g/mol. The van der Waals surface area contributed by atoms with E-state index in [1.165, 1.54) is 18.2 Å². The molecule has 29 heavy (non-hydrogen) atoms. The number of halogens is 3. The molecule has 0 saturated heterocycles. The van der Waals surface area contributed by atoms with Gasteiger partial charge in [-0.2, -0.15) is 0 Å². The molecule has 1 aliphatic carbocycles. The lowest BCUT2D eigenvalue weighted by Gasteiger charge is -2.15. The van der Waals surface area contributed by atoms with E-state index in [1.54, 1.807) is 0 Å². The zero-order valence-corrected chi connectivity index (χ0v) is 17.4. The molecule has 1 aromatic carbocycles. The molecular formula is C20H14Cl3N3O3. The van der Waals surface area contributed by atoms with Crippen molar-refractivity contribution in [1.82, 2.24) is 15.2 Å². The van der Waals surface area contributed by atoms with Gasteiger partial charge in [-0.15, -0.1) is 10.2 Å². The maximum atomic E-state index is 12.6. The van der Waals surface area contributed by atoms with E-state index in [1.807, 2.05) is 25.1 Å². The number of nitrogens with zero attached hydrogens (tertiary/aromatic N) is 3. The number of hydrogen-bond donors (Lipinski definition) is 0. The van der Waals surface area contributed by atoms with E-state index in [9.17, 15) is 4.79 Å². The smallest absolute Gasteiger partial charge is 0.346 e. The highest BCUT2D eigenvalue weighted by atomic mass is 35.5. The number of rotatable bonds is 5. The lowest BCUT2D eigenvalue weighted by molar-refractivity contribution is 0.0729. The molecule has 1 saturated carbocycles. The molecule has 1 aliphatic rings. The summed E-state index contributed by atoms with van der Waals surface area (Å²) in [6.07, 6.45) is 2.21. The van der Waals surface area contributed by atoms with Gasteiger partial charge in [-0.25, -0.2) is 9.78 Å². The summed E-state index contributed by atoms with van der Waals surface area (Å²) in [5.74, 6) is 0.425. The van der Waals surface area contributed by atoms with Crippen LogP contribution in [0.15, 0.2) is 36.4 Å². The molecule has 0 radical (unpaired) electrons. The van der Waals surface area contributed by atoms with Gasteiger partial charge < -0.3 is 9.47 Å². The molecule has 0 spiro atoms. The summed E-state index contributed by atoms with van der Waals surface area (Å²) in [5, 5.41) is 7.91. The monoisotopic (exact) mass is 449 g/mol. The standard InChI is InChI=1S/C20H14Cl3N3O3/c1-10-3-2-4-12(11-5-6-11)17(10)29-19-14(9-16(22)25-26-19)28-20(27)13-7-8-15(21)24-18(13)23/h2-4,7-9,11H,5-6H2,1H3. The Morgan fingerprint density at radius 1 is 1.07 bits per heavy atom. The van der Waals surface area contributed by atoms with Crippen molar-refractivity contribution in [1.29, 1.82) is 0 Å². The van der Waals surface area contributed by atoms with Gasteiger partial charge in [0.1, 0.15) is 16.1 Å². The number of benzene rings is 1. The van der Waals surface area contributed by atoms with Crippen LogP contribution in [0.1, 0.15) is 40.2 Å². The van der Waals surface area contributed by atoms with Crippen LogP contribution >= 0.6 is 34.8 Å². The van der Waals surface area contributed by atoms with Crippen LogP contribution in [0.4, 0.5) is 0 Å². The summed E-state index contributed by atoms with van der Waals surface area (Å²) in [7, 11) is 0. The first-order valence-electron chi connectivity index (χ1n) is 8.77. The van der Waals surface area contributed by atoms with Gasteiger partial charge in [0.2, 0.25) is 0 Å². The van der Waals surface area contributed by atoms with E-state index in [2.05, 4.69) is 15.2 Å². The Hall–Kier alpha value is -2.41. The lowest BCUT2D eigenvalue weighted by Crippen LogP contribution is -2.11. The third kappa shape index (κ3) is 4.45. The fourth-order valence-electron chi connectivity index (χ4n) is 2.83. The molecule has 4 rings (SSSR count). The van der Waals surface area contributed by atoms with Gasteiger partial charge in [0.15, 0.2) is 10.9 Å². The summed E-state index contributed by atoms with van der Waals surface area (Å²) in [6.45, 7) is 1.94. The molecule has 148 valence electrons. The number of carbonyl (C=O) groups is 1. The van der Waals surface area contributed by atoms with E-state index in [4.69, 9.17) is 44.3 Å². The number of esters is 1. The molecular weight excluding hydrogens is 437 g/mol. The summed E-state index contributed by atoms with van der Waals surface area (Å²) >= 11 is 17.7. The number of carbonyl (C=O) groups excluding carboxylic acids is 1. The van der Waals surface area contributed by atoms with Crippen molar-refractivity contribution in [3.8, 4) is 17.4 Å². The molecule has 0 bridgehead atoms. The highest BCUT2D eigenvalue weighted by Gasteiger charge is 2.28. The van der Waals surface area contributed by atoms with Gasteiger partial charge in [-0.05, 0) is 48.9 Å². The van der Waals surface area contributed by atoms with Crippen molar-refractivity contribution in [3.05, 3.63) is 68.5 Å². The Morgan fingerprint density at radius 2 is 1.86 bits per heavy atom. The molecule has 0 unspecified atom stereocenters. The molecule has 2 aromatic heterocycles. The Kier molecular flexibility index (Phi) is 5.58. The summed E-state index contributed by atoms with van der Waals surface area (Å²) in [4.78, 5) is 16.4. The molecule has 2 heterocycles. The highest BCUT2D eigenvalue weighted by molar-refractivity contribution is 6.34. The third-order valence-electron chi connectivity index (χ3n) is 4.39. The predicted molar refractivity (Wildman–Crippen MR) is 109 cm³/mol. The normalized spacial score (nSPS) is 13.2. The van der Waals surface area contributed by atoms with Crippen LogP contribution in [-0.2, 0) is 0 Å². The first-order chi connectivity index (χ1) is 13.9. The summed E-state index contributed by atoms with van der Waals surface area (Å²) in [5.41, 5.74) is 2.07. The number of para-hydroxylation sites is 1. The summed E-state index contributed by atoms with van der Waals surface area (Å²) in [6, 6.07) is 10.2. The molecule has 0 amide bonds. The lowest BCUT2D eigenvalue weighted by atomic mass is 10.1. The van der Waals surface area contributed by atoms with Gasteiger partial charge in [0.25, 0.3) is 5.88 Å². The quantitative estimate of drug-likeness (QED) is 0.349. The maximum absolute atomic E-state index is 12.6. The van der Waals surface area contributed by atoms with Crippen LogP contribution in [0.2, 0.25) is 15.5 Å². The Morgan fingerprint density at radius 3 is 2.59 bits per heavy atom. The fraction of sp³-hybridized carbons (Fsp3) is 0.200. The molecule has 0 atom stereocenters. The summed E-state index contributed by atoms with van der Waals surface area (Å²) < 4.78 is 11.5. The van der Waals surface area contributed by atoms with Crippen LogP contribution in [0.25, 0.3) is 0 Å². The zero-order chi connectivity index (χ0) is 20.5. The van der Waals surface area contributed by atoms with Gasteiger partial charge in [-0.1, -0.05) is 53.0 Å². The highest BCUT2D eigenvalue weighted by Crippen LogP contribution is 2.47. The van der Waals surface area contributed by atoms with Crippen molar-refractivity contribution >= 4 is 40.8 Å². The van der Waals surface area contributed by atoms with E-state index < -0.39 is 5.97 Å². The fourth-order valence-corrected chi connectivity index (χ4v) is 3.39. The number of hydrogen-bond acceptors (Lipinski definition) is 6. The molecule has 0 aliphatic heterocycles. The largest absolute Gasteiger partial charge is 0.434 e. The average Bonchev–Trinajstić information content (AvgIpc) is 3.50. The van der Waals surface area contributed by atoms with Crippen LogP contribution in [0, 0.1) is 6.92 Å². The first-order valence-corrected chi connectivity index (χ1v) is 9.90. The van der Waals surface area contributed by atoms with Crippen LogP contribution in [0.5, 0.6) is 17.4 Å².